The predicted molar refractivity (Wildman–Crippen MR) is 76.3 cm³/mol. The third kappa shape index (κ3) is 4.43. The van der Waals surface area contributed by atoms with Gasteiger partial charge in [-0.1, -0.05) is 0 Å². The van der Waals surface area contributed by atoms with E-state index in [9.17, 15) is 17.6 Å². The molecule has 0 radical (unpaired) electrons. The molecule has 0 aliphatic rings. The van der Waals surface area contributed by atoms with Crippen molar-refractivity contribution in [1.82, 2.24) is 0 Å². The molecule has 2 rings (SSSR count). The van der Waals surface area contributed by atoms with Gasteiger partial charge in [-0.05, 0) is 12.8 Å². The highest BCUT2D eigenvalue weighted by atomic mass is 19.1. The van der Waals surface area contributed by atoms with Crippen LogP contribution in [0.1, 0.15) is 12.8 Å². The van der Waals surface area contributed by atoms with Gasteiger partial charge in [-0.15, -0.1) is 0 Å². The summed E-state index contributed by atoms with van der Waals surface area (Å²) in [4.78, 5) is 0. The average molecular weight is 346 g/mol. The summed E-state index contributed by atoms with van der Waals surface area (Å²) < 4.78 is 63.0. The minimum atomic E-state index is -1.00. The first-order chi connectivity index (χ1) is 11.4. The van der Waals surface area contributed by atoms with Crippen LogP contribution in [0.5, 0.6) is 23.0 Å². The quantitative estimate of drug-likeness (QED) is 0.590. The van der Waals surface area contributed by atoms with Gasteiger partial charge < -0.3 is 19.7 Å². The van der Waals surface area contributed by atoms with Crippen LogP contribution in [0.25, 0.3) is 0 Å². The number of ether oxygens (including phenoxy) is 2. The molecule has 8 heteroatoms. The molecule has 0 atom stereocenters. The number of hydrogen-bond donors (Lipinski definition) is 2. The van der Waals surface area contributed by atoms with Crippen molar-refractivity contribution in [1.29, 1.82) is 0 Å². The fraction of sp³-hybridized carbons (Fsp3) is 0.250. The van der Waals surface area contributed by atoms with Gasteiger partial charge in [0.2, 0.25) is 0 Å². The third-order valence-corrected chi connectivity index (χ3v) is 3.06. The second-order valence-corrected chi connectivity index (χ2v) is 4.87. The van der Waals surface area contributed by atoms with Crippen molar-refractivity contribution in [2.45, 2.75) is 12.8 Å². The maximum atomic E-state index is 13.4. The number of hydrogen-bond acceptors (Lipinski definition) is 4. The molecule has 0 amide bonds. The smallest absolute Gasteiger partial charge is 0.168 e. The van der Waals surface area contributed by atoms with E-state index in [0.717, 1.165) is 12.1 Å². The lowest BCUT2D eigenvalue weighted by Gasteiger charge is -2.10. The summed E-state index contributed by atoms with van der Waals surface area (Å²) in [5, 5.41) is 17.9. The number of benzene rings is 2. The highest BCUT2D eigenvalue weighted by Crippen LogP contribution is 2.26. The van der Waals surface area contributed by atoms with Crippen LogP contribution in [0.3, 0.4) is 0 Å². The molecular formula is C16H14F4O4. The van der Waals surface area contributed by atoms with E-state index in [0.29, 0.717) is 25.0 Å². The van der Waals surface area contributed by atoms with Crippen molar-refractivity contribution in [3.8, 4) is 23.0 Å². The fourth-order valence-corrected chi connectivity index (χ4v) is 1.83. The van der Waals surface area contributed by atoms with E-state index in [4.69, 9.17) is 19.7 Å². The van der Waals surface area contributed by atoms with E-state index in [-0.39, 0.29) is 24.7 Å². The normalized spacial score (nSPS) is 10.7. The Morgan fingerprint density at radius 1 is 0.625 bits per heavy atom. The molecule has 4 nitrogen and oxygen atoms in total. The van der Waals surface area contributed by atoms with Crippen molar-refractivity contribution in [2.24, 2.45) is 0 Å². The number of phenols is 2. The summed E-state index contributed by atoms with van der Waals surface area (Å²) in [7, 11) is 0. The summed E-state index contributed by atoms with van der Waals surface area (Å²) in [5.41, 5.74) is 0. The summed E-state index contributed by atoms with van der Waals surface area (Å²) in [6, 6.07) is 2.68. The van der Waals surface area contributed by atoms with E-state index in [1.54, 1.807) is 0 Å². The van der Waals surface area contributed by atoms with E-state index < -0.39 is 34.8 Å². The van der Waals surface area contributed by atoms with Gasteiger partial charge in [0.1, 0.15) is 0 Å². The molecule has 0 spiro atoms. The summed E-state index contributed by atoms with van der Waals surface area (Å²) in [6.45, 7) is 0.0772. The minimum absolute atomic E-state index is 0.0386. The Labute approximate surface area is 134 Å². The van der Waals surface area contributed by atoms with E-state index in [2.05, 4.69) is 0 Å². The molecule has 24 heavy (non-hydrogen) atoms. The van der Waals surface area contributed by atoms with Crippen LogP contribution < -0.4 is 9.47 Å². The predicted octanol–water partition coefficient (Wildman–Crippen LogP) is 3.89. The molecule has 0 fully saturated rings. The van der Waals surface area contributed by atoms with Crippen LogP contribution in [0, 0.1) is 23.3 Å². The monoisotopic (exact) mass is 346 g/mol. The van der Waals surface area contributed by atoms with Crippen molar-refractivity contribution in [3.05, 3.63) is 47.5 Å². The molecule has 130 valence electrons. The molecule has 0 saturated heterocycles. The summed E-state index contributed by atoms with van der Waals surface area (Å²) in [6.07, 6.45) is 0.758. The second-order valence-electron chi connectivity index (χ2n) is 4.87. The average Bonchev–Trinajstić information content (AvgIpc) is 2.52. The molecule has 2 aromatic rings. The zero-order valence-electron chi connectivity index (χ0n) is 12.4. The molecule has 0 unspecified atom stereocenters. The number of unbranched alkanes of at least 4 members (excludes halogenated alkanes) is 1. The lowest BCUT2D eigenvalue weighted by Crippen LogP contribution is -2.04. The molecule has 2 N–H and O–H groups in total. The first-order valence-electron chi connectivity index (χ1n) is 7.00. The van der Waals surface area contributed by atoms with Gasteiger partial charge in [0.05, 0.1) is 13.2 Å². The lowest BCUT2D eigenvalue weighted by atomic mass is 10.3. The molecule has 0 saturated carbocycles. The van der Waals surface area contributed by atoms with Crippen LogP contribution >= 0.6 is 0 Å². The Kier molecular flexibility index (Phi) is 5.73. The number of phenolic OH excluding ortho intramolecular Hbond substituents is 2. The molecule has 2 aromatic carbocycles. The number of halogens is 4. The fourth-order valence-electron chi connectivity index (χ4n) is 1.83. The summed E-state index contributed by atoms with van der Waals surface area (Å²) in [5.74, 6) is -6.08. The highest BCUT2D eigenvalue weighted by Gasteiger charge is 2.11. The van der Waals surface area contributed by atoms with Gasteiger partial charge in [0.25, 0.3) is 0 Å². The minimum Gasteiger partial charge on any atom is -0.505 e. The van der Waals surface area contributed by atoms with Crippen molar-refractivity contribution in [2.75, 3.05) is 13.2 Å². The molecular weight excluding hydrogens is 332 g/mol. The van der Waals surface area contributed by atoms with Crippen molar-refractivity contribution < 1.29 is 37.2 Å². The number of aromatic hydroxyl groups is 2. The molecule has 0 aromatic heterocycles. The molecule has 0 heterocycles. The van der Waals surface area contributed by atoms with E-state index >= 15 is 0 Å². The Bertz CT molecular complexity index is 660. The zero-order valence-corrected chi connectivity index (χ0v) is 12.4. The van der Waals surface area contributed by atoms with Gasteiger partial charge in [-0.25, -0.2) is 17.6 Å². The van der Waals surface area contributed by atoms with E-state index in [1.807, 2.05) is 0 Å². The Balaban J connectivity index is 1.74. The van der Waals surface area contributed by atoms with Gasteiger partial charge in [0, 0.05) is 24.3 Å². The first kappa shape index (κ1) is 17.7. The molecule has 0 aliphatic heterocycles. The van der Waals surface area contributed by atoms with E-state index in [1.165, 1.54) is 0 Å². The van der Waals surface area contributed by atoms with Gasteiger partial charge in [-0.3, -0.25) is 0 Å². The Hall–Kier alpha value is -2.64. The van der Waals surface area contributed by atoms with Crippen molar-refractivity contribution >= 4 is 0 Å². The Morgan fingerprint density at radius 3 is 1.38 bits per heavy atom. The maximum Gasteiger partial charge on any atom is 0.168 e. The highest BCUT2D eigenvalue weighted by molar-refractivity contribution is 5.34. The van der Waals surface area contributed by atoms with Crippen LogP contribution in [0.4, 0.5) is 17.6 Å². The van der Waals surface area contributed by atoms with Gasteiger partial charge in [-0.2, -0.15) is 0 Å². The van der Waals surface area contributed by atoms with Crippen molar-refractivity contribution in [3.63, 3.8) is 0 Å². The third-order valence-electron chi connectivity index (χ3n) is 3.06. The number of rotatable bonds is 7. The molecule has 0 aliphatic carbocycles. The zero-order chi connectivity index (χ0) is 17.7. The first-order valence-corrected chi connectivity index (χ1v) is 7.00. The molecule has 0 bridgehead atoms. The largest absolute Gasteiger partial charge is 0.505 e. The standard InChI is InChI=1S/C16H14F4O4/c17-9-7-15(11(19)5-13(9)21)23-3-1-2-4-24-16-8-10(18)14(22)6-12(16)20/h5-8,21-22H,1-4H2. The van der Waals surface area contributed by atoms with Crippen LogP contribution in [-0.4, -0.2) is 23.4 Å². The lowest BCUT2D eigenvalue weighted by molar-refractivity contribution is 0.252. The SMILES string of the molecule is Oc1cc(F)c(OCCCCOc2cc(F)c(O)cc2F)cc1F. The van der Waals surface area contributed by atoms with Gasteiger partial charge in [0.15, 0.2) is 46.3 Å². The van der Waals surface area contributed by atoms with Crippen LogP contribution in [0.15, 0.2) is 24.3 Å². The van der Waals surface area contributed by atoms with Crippen LogP contribution in [-0.2, 0) is 0 Å². The second kappa shape index (κ2) is 7.76. The topological polar surface area (TPSA) is 58.9 Å². The summed E-state index contributed by atoms with van der Waals surface area (Å²) >= 11 is 0. The maximum absolute atomic E-state index is 13.4. The Morgan fingerprint density at radius 2 is 1.00 bits per heavy atom. The van der Waals surface area contributed by atoms with Crippen LogP contribution in [0.2, 0.25) is 0 Å². The van der Waals surface area contributed by atoms with Gasteiger partial charge >= 0.3 is 0 Å².